The summed E-state index contributed by atoms with van der Waals surface area (Å²) in [5.74, 6) is 0.0817. The molecule has 3 rings (SSSR count). The van der Waals surface area contributed by atoms with Gasteiger partial charge >= 0.3 is 0 Å². The molecule has 2 aromatic carbocycles. The molecule has 9 heteroatoms. The average molecular weight is 511 g/mol. The topological polar surface area (TPSA) is 93.7 Å². The highest BCUT2D eigenvalue weighted by molar-refractivity contribution is 9.10. The zero-order valence-electron chi connectivity index (χ0n) is 17.4. The van der Waals surface area contributed by atoms with Crippen LogP contribution in [0.15, 0.2) is 51.8 Å². The second-order valence-corrected chi connectivity index (χ2v) is 10.0. The normalized spacial score (nSPS) is 14.9. The van der Waals surface area contributed by atoms with Crippen molar-refractivity contribution in [3.05, 3.63) is 52.5 Å². The first-order valence-corrected chi connectivity index (χ1v) is 12.5. The summed E-state index contributed by atoms with van der Waals surface area (Å²) in [6, 6.07) is 11.3. The number of amides is 1. The molecular formula is C22H27BrN2O5S. The van der Waals surface area contributed by atoms with Crippen molar-refractivity contribution in [1.82, 2.24) is 4.72 Å². The zero-order valence-corrected chi connectivity index (χ0v) is 19.8. The number of anilines is 1. The summed E-state index contributed by atoms with van der Waals surface area (Å²) in [6.45, 7) is 0.723. The summed E-state index contributed by atoms with van der Waals surface area (Å²) < 4.78 is 39.4. The number of ether oxygens (including phenoxy) is 2. The van der Waals surface area contributed by atoms with Crippen LogP contribution >= 0.6 is 15.9 Å². The van der Waals surface area contributed by atoms with E-state index in [9.17, 15) is 13.2 Å². The Hall–Kier alpha value is -1.94. The van der Waals surface area contributed by atoms with Gasteiger partial charge in [0.2, 0.25) is 10.0 Å². The molecule has 1 amide bonds. The number of carbonyl (C=O) groups excluding carboxylic acids is 1. The van der Waals surface area contributed by atoms with Crippen molar-refractivity contribution >= 4 is 37.5 Å². The fraction of sp³-hybridized carbons (Fsp3) is 0.409. The molecule has 1 fully saturated rings. The van der Waals surface area contributed by atoms with Crippen molar-refractivity contribution in [2.75, 3.05) is 25.6 Å². The molecule has 0 radical (unpaired) electrons. The van der Waals surface area contributed by atoms with Gasteiger partial charge in [0.05, 0.1) is 17.1 Å². The van der Waals surface area contributed by atoms with E-state index in [0.29, 0.717) is 30.2 Å². The largest absolute Gasteiger partial charge is 0.490 e. The van der Waals surface area contributed by atoms with Crippen molar-refractivity contribution in [3.63, 3.8) is 0 Å². The summed E-state index contributed by atoms with van der Waals surface area (Å²) >= 11 is 3.37. The number of nitrogens with one attached hydrogen (secondary N) is 2. The van der Waals surface area contributed by atoms with Crippen LogP contribution in [-0.4, -0.2) is 40.7 Å². The minimum atomic E-state index is -3.58. The summed E-state index contributed by atoms with van der Waals surface area (Å²) in [5.41, 5.74) is 0.852. The quantitative estimate of drug-likeness (QED) is 0.489. The second-order valence-electron chi connectivity index (χ2n) is 7.42. The van der Waals surface area contributed by atoms with Crippen molar-refractivity contribution in [1.29, 1.82) is 0 Å². The molecule has 1 aliphatic carbocycles. The van der Waals surface area contributed by atoms with Crippen LogP contribution in [0.3, 0.4) is 0 Å². The molecule has 1 aliphatic rings. The van der Waals surface area contributed by atoms with Gasteiger partial charge in [0.1, 0.15) is 12.4 Å². The first kappa shape index (κ1) is 23.7. The van der Waals surface area contributed by atoms with Gasteiger partial charge in [0, 0.05) is 23.3 Å². The molecule has 7 nitrogen and oxygen atoms in total. The van der Waals surface area contributed by atoms with Crippen LogP contribution in [0.1, 0.15) is 42.5 Å². The third kappa shape index (κ3) is 6.77. The fourth-order valence-corrected chi connectivity index (χ4v) is 5.13. The lowest BCUT2D eigenvalue weighted by atomic mass is 9.96. The number of carbonyl (C=O) groups is 1. The molecule has 0 aromatic heterocycles. The highest BCUT2D eigenvalue weighted by Crippen LogP contribution is 2.25. The maximum atomic E-state index is 12.8. The molecule has 0 spiro atoms. The Bertz CT molecular complexity index is 989. The van der Waals surface area contributed by atoms with Gasteiger partial charge in [-0.2, -0.15) is 0 Å². The van der Waals surface area contributed by atoms with Gasteiger partial charge < -0.3 is 14.8 Å². The Morgan fingerprint density at radius 1 is 1.06 bits per heavy atom. The number of halogens is 1. The summed E-state index contributed by atoms with van der Waals surface area (Å²) in [6.07, 6.45) is 4.99. The maximum Gasteiger partial charge on any atom is 0.259 e. The standard InChI is InChI=1S/C22H27BrN2O5S/c1-29-13-14-30-21-12-7-16(23)15-20(21)22(26)24-17-8-10-19(11-9-17)31(27,28)25-18-5-3-2-4-6-18/h7-12,15,18,25H,2-6,13-14H2,1H3,(H,24,26). The van der Waals surface area contributed by atoms with Crippen molar-refractivity contribution in [3.8, 4) is 5.75 Å². The SMILES string of the molecule is COCCOc1ccc(Br)cc1C(=O)Nc1ccc(S(=O)(=O)NC2CCCCC2)cc1. The van der Waals surface area contributed by atoms with E-state index in [0.717, 1.165) is 36.6 Å². The molecule has 0 heterocycles. The van der Waals surface area contributed by atoms with E-state index in [1.807, 2.05) is 0 Å². The number of benzene rings is 2. The van der Waals surface area contributed by atoms with Gasteiger partial charge in [-0.05, 0) is 55.3 Å². The van der Waals surface area contributed by atoms with Gasteiger partial charge in [0.25, 0.3) is 5.91 Å². The Morgan fingerprint density at radius 3 is 2.45 bits per heavy atom. The maximum absolute atomic E-state index is 12.8. The van der Waals surface area contributed by atoms with Gasteiger partial charge in [-0.1, -0.05) is 35.2 Å². The van der Waals surface area contributed by atoms with Crippen LogP contribution in [0, 0.1) is 0 Å². The van der Waals surface area contributed by atoms with E-state index < -0.39 is 10.0 Å². The van der Waals surface area contributed by atoms with Gasteiger partial charge in [-0.15, -0.1) is 0 Å². The first-order valence-electron chi connectivity index (χ1n) is 10.2. The zero-order chi connectivity index (χ0) is 22.3. The van der Waals surface area contributed by atoms with Crippen molar-refractivity contribution in [2.24, 2.45) is 0 Å². The monoisotopic (exact) mass is 510 g/mol. The van der Waals surface area contributed by atoms with E-state index in [4.69, 9.17) is 9.47 Å². The molecule has 0 bridgehead atoms. The molecule has 0 atom stereocenters. The highest BCUT2D eigenvalue weighted by atomic mass is 79.9. The number of sulfonamides is 1. The van der Waals surface area contributed by atoms with E-state index in [-0.39, 0.29) is 16.8 Å². The Balaban J connectivity index is 1.68. The Morgan fingerprint density at radius 2 is 1.77 bits per heavy atom. The van der Waals surface area contributed by atoms with E-state index in [2.05, 4.69) is 26.0 Å². The Labute approximate surface area is 191 Å². The predicted molar refractivity (Wildman–Crippen MR) is 123 cm³/mol. The first-order chi connectivity index (χ1) is 14.9. The van der Waals surface area contributed by atoms with Crippen LogP contribution < -0.4 is 14.8 Å². The van der Waals surface area contributed by atoms with E-state index in [1.165, 1.54) is 12.1 Å². The number of hydrogen-bond donors (Lipinski definition) is 2. The smallest absolute Gasteiger partial charge is 0.259 e. The summed E-state index contributed by atoms with van der Waals surface area (Å²) in [5, 5.41) is 2.79. The molecule has 0 unspecified atom stereocenters. The molecule has 0 aliphatic heterocycles. The molecule has 31 heavy (non-hydrogen) atoms. The van der Waals surface area contributed by atoms with E-state index >= 15 is 0 Å². The second kappa shape index (κ2) is 11.1. The van der Waals surface area contributed by atoms with Crippen molar-refractivity contribution < 1.29 is 22.7 Å². The summed E-state index contributed by atoms with van der Waals surface area (Å²) in [7, 11) is -2.01. The van der Waals surface area contributed by atoms with Gasteiger partial charge in [-0.3, -0.25) is 4.79 Å². The lowest BCUT2D eigenvalue weighted by molar-refractivity contribution is 0.101. The minimum absolute atomic E-state index is 0.00816. The number of rotatable bonds is 9. The molecule has 0 saturated heterocycles. The predicted octanol–water partition coefficient (Wildman–Crippen LogP) is 4.34. The molecule has 2 aromatic rings. The summed E-state index contributed by atoms with van der Waals surface area (Å²) in [4.78, 5) is 13.0. The van der Waals surface area contributed by atoms with Crippen LogP contribution in [-0.2, 0) is 14.8 Å². The Kier molecular flexibility index (Phi) is 8.48. The molecular weight excluding hydrogens is 484 g/mol. The third-order valence-corrected chi connectivity index (χ3v) is 7.11. The fourth-order valence-electron chi connectivity index (χ4n) is 3.46. The molecule has 168 valence electrons. The van der Waals surface area contributed by atoms with Crippen LogP contribution in [0.4, 0.5) is 5.69 Å². The highest BCUT2D eigenvalue weighted by Gasteiger charge is 2.22. The van der Waals surface area contributed by atoms with Crippen LogP contribution in [0.5, 0.6) is 5.75 Å². The molecule has 2 N–H and O–H groups in total. The lowest BCUT2D eigenvalue weighted by Crippen LogP contribution is -2.36. The minimum Gasteiger partial charge on any atom is -0.490 e. The van der Waals surface area contributed by atoms with Gasteiger partial charge in [0.15, 0.2) is 0 Å². The van der Waals surface area contributed by atoms with Crippen molar-refractivity contribution in [2.45, 2.75) is 43.0 Å². The average Bonchev–Trinajstić information content (AvgIpc) is 2.75. The molecule has 1 saturated carbocycles. The van der Waals surface area contributed by atoms with Crippen LogP contribution in [0.25, 0.3) is 0 Å². The van der Waals surface area contributed by atoms with Gasteiger partial charge in [-0.25, -0.2) is 13.1 Å². The number of hydrogen-bond acceptors (Lipinski definition) is 5. The third-order valence-electron chi connectivity index (χ3n) is 5.08. The number of methoxy groups -OCH3 is 1. The lowest BCUT2D eigenvalue weighted by Gasteiger charge is -2.22. The van der Waals surface area contributed by atoms with E-state index in [1.54, 1.807) is 37.4 Å². The van der Waals surface area contributed by atoms with Crippen LogP contribution in [0.2, 0.25) is 0 Å².